The predicted octanol–water partition coefficient (Wildman–Crippen LogP) is 5.16. The number of amides is 1. The van der Waals surface area contributed by atoms with Gasteiger partial charge in [-0.2, -0.15) is 0 Å². The highest BCUT2D eigenvalue weighted by Gasteiger charge is 2.22. The number of benzene rings is 2. The molecule has 1 heterocycles. The van der Waals surface area contributed by atoms with Crippen molar-refractivity contribution in [3.05, 3.63) is 75.9 Å². The number of rotatable bonds is 4. The van der Waals surface area contributed by atoms with Gasteiger partial charge in [0.1, 0.15) is 11.4 Å². The molecular formula is C18H11ClFNO3S. The Morgan fingerprint density at radius 2 is 1.76 bits per heavy atom. The number of anilines is 1. The summed E-state index contributed by atoms with van der Waals surface area (Å²) in [6, 6.07) is 11.9. The van der Waals surface area contributed by atoms with E-state index in [1.807, 2.05) is 0 Å². The smallest absolute Gasteiger partial charge is 0.339 e. The summed E-state index contributed by atoms with van der Waals surface area (Å²) in [5.41, 5.74) is 0.937. The SMILES string of the molecule is O=C(Nc1csc(-c2ccccc2Cl)c1C(=O)O)c1ccc(F)cc1. The molecule has 0 saturated carbocycles. The van der Waals surface area contributed by atoms with Crippen LogP contribution in [0.4, 0.5) is 10.1 Å². The van der Waals surface area contributed by atoms with Crippen LogP contribution in [0.1, 0.15) is 20.7 Å². The average molecular weight is 376 g/mol. The largest absolute Gasteiger partial charge is 0.478 e. The van der Waals surface area contributed by atoms with Gasteiger partial charge in [-0.3, -0.25) is 4.79 Å². The van der Waals surface area contributed by atoms with Gasteiger partial charge >= 0.3 is 5.97 Å². The summed E-state index contributed by atoms with van der Waals surface area (Å²) in [6.45, 7) is 0. The average Bonchev–Trinajstić information content (AvgIpc) is 2.99. The maximum atomic E-state index is 13.0. The fourth-order valence-electron chi connectivity index (χ4n) is 2.30. The molecule has 2 N–H and O–H groups in total. The van der Waals surface area contributed by atoms with Crippen LogP contribution in [-0.4, -0.2) is 17.0 Å². The minimum absolute atomic E-state index is 0.0337. The summed E-state index contributed by atoms with van der Waals surface area (Å²) in [5.74, 6) is -2.16. The third-order valence-corrected chi connectivity index (χ3v) is 4.82. The quantitative estimate of drug-likeness (QED) is 0.662. The van der Waals surface area contributed by atoms with Gasteiger partial charge in [0.05, 0.1) is 10.6 Å². The first-order valence-electron chi connectivity index (χ1n) is 7.14. The maximum absolute atomic E-state index is 13.0. The molecule has 0 aliphatic carbocycles. The fourth-order valence-corrected chi connectivity index (χ4v) is 3.62. The Balaban J connectivity index is 1.98. The van der Waals surface area contributed by atoms with Crippen LogP contribution in [0.15, 0.2) is 53.9 Å². The van der Waals surface area contributed by atoms with E-state index in [1.165, 1.54) is 23.5 Å². The van der Waals surface area contributed by atoms with Crippen LogP contribution in [0.2, 0.25) is 5.02 Å². The van der Waals surface area contributed by atoms with Crippen LogP contribution < -0.4 is 5.32 Å². The molecule has 3 aromatic rings. The minimum atomic E-state index is -1.18. The molecule has 0 aliphatic heterocycles. The molecule has 0 saturated heterocycles. The second-order valence-electron chi connectivity index (χ2n) is 5.10. The standard InChI is InChI=1S/C18H11ClFNO3S/c19-13-4-2-1-3-12(13)16-15(18(23)24)14(9-25-16)21-17(22)10-5-7-11(20)8-6-10/h1-9H,(H,21,22)(H,23,24). The van der Waals surface area contributed by atoms with Crippen LogP contribution in [0.25, 0.3) is 10.4 Å². The van der Waals surface area contributed by atoms with Crippen molar-refractivity contribution in [1.82, 2.24) is 0 Å². The minimum Gasteiger partial charge on any atom is -0.478 e. The Labute approximate surface area is 151 Å². The molecule has 0 fully saturated rings. The van der Waals surface area contributed by atoms with E-state index in [2.05, 4.69) is 5.32 Å². The molecule has 0 bridgehead atoms. The summed E-state index contributed by atoms with van der Waals surface area (Å²) in [4.78, 5) is 24.4. The molecule has 1 amide bonds. The lowest BCUT2D eigenvalue weighted by molar-refractivity contribution is 0.0699. The van der Waals surface area contributed by atoms with Crippen molar-refractivity contribution in [3.63, 3.8) is 0 Å². The van der Waals surface area contributed by atoms with Gasteiger partial charge in [-0.15, -0.1) is 11.3 Å². The molecule has 3 rings (SSSR count). The zero-order valence-corrected chi connectivity index (χ0v) is 14.2. The normalized spacial score (nSPS) is 10.5. The first-order valence-corrected chi connectivity index (χ1v) is 8.39. The number of hydrogen-bond acceptors (Lipinski definition) is 3. The molecule has 0 unspecified atom stereocenters. The number of nitrogens with one attached hydrogen (secondary N) is 1. The molecule has 0 aliphatic rings. The lowest BCUT2D eigenvalue weighted by Crippen LogP contribution is -2.14. The monoisotopic (exact) mass is 375 g/mol. The highest BCUT2D eigenvalue weighted by Crippen LogP contribution is 2.39. The zero-order chi connectivity index (χ0) is 18.0. The summed E-state index contributed by atoms with van der Waals surface area (Å²) < 4.78 is 13.0. The fraction of sp³-hybridized carbons (Fsp3) is 0. The number of carbonyl (C=O) groups is 2. The summed E-state index contributed by atoms with van der Waals surface area (Å²) in [6.07, 6.45) is 0. The van der Waals surface area contributed by atoms with Crippen molar-refractivity contribution in [2.45, 2.75) is 0 Å². The van der Waals surface area contributed by atoms with Gasteiger partial charge in [-0.05, 0) is 30.3 Å². The van der Waals surface area contributed by atoms with Gasteiger partial charge in [0.15, 0.2) is 0 Å². The topological polar surface area (TPSA) is 66.4 Å². The van der Waals surface area contributed by atoms with Gasteiger partial charge in [-0.1, -0.05) is 29.8 Å². The second-order valence-corrected chi connectivity index (χ2v) is 6.39. The number of hydrogen-bond donors (Lipinski definition) is 2. The highest BCUT2D eigenvalue weighted by molar-refractivity contribution is 7.14. The maximum Gasteiger partial charge on any atom is 0.339 e. The van der Waals surface area contributed by atoms with E-state index in [0.717, 1.165) is 12.1 Å². The van der Waals surface area contributed by atoms with Crippen molar-refractivity contribution in [3.8, 4) is 10.4 Å². The molecule has 1 aromatic heterocycles. The van der Waals surface area contributed by atoms with Crippen molar-refractivity contribution in [2.75, 3.05) is 5.32 Å². The Hall–Kier alpha value is -2.70. The van der Waals surface area contributed by atoms with Gasteiger partial charge in [0, 0.05) is 21.5 Å². The molecule has 0 atom stereocenters. The lowest BCUT2D eigenvalue weighted by Gasteiger charge is -2.07. The van der Waals surface area contributed by atoms with E-state index in [-0.39, 0.29) is 16.8 Å². The van der Waals surface area contributed by atoms with Crippen LogP contribution in [0.3, 0.4) is 0 Å². The van der Waals surface area contributed by atoms with Crippen LogP contribution >= 0.6 is 22.9 Å². The molecule has 25 heavy (non-hydrogen) atoms. The van der Waals surface area contributed by atoms with E-state index >= 15 is 0 Å². The number of carboxylic acids is 1. The Morgan fingerprint density at radius 1 is 1.08 bits per heavy atom. The van der Waals surface area contributed by atoms with Gasteiger partial charge < -0.3 is 10.4 Å². The van der Waals surface area contributed by atoms with Crippen molar-refractivity contribution >= 4 is 40.5 Å². The van der Waals surface area contributed by atoms with Crippen molar-refractivity contribution in [1.29, 1.82) is 0 Å². The molecule has 4 nitrogen and oxygen atoms in total. The summed E-state index contributed by atoms with van der Waals surface area (Å²) >= 11 is 7.32. The van der Waals surface area contributed by atoms with Crippen LogP contribution in [0.5, 0.6) is 0 Å². The second kappa shape index (κ2) is 7.04. The zero-order valence-electron chi connectivity index (χ0n) is 12.6. The lowest BCUT2D eigenvalue weighted by atomic mass is 10.1. The van der Waals surface area contributed by atoms with Crippen molar-refractivity contribution in [2.24, 2.45) is 0 Å². The predicted molar refractivity (Wildman–Crippen MR) is 96.1 cm³/mol. The number of carboxylic acid groups (broad SMARTS) is 1. The number of aromatic carboxylic acids is 1. The van der Waals surface area contributed by atoms with E-state index in [9.17, 15) is 19.1 Å². The summed E-state index contributed by atoms with van der Waals surface area (Å²) in [5, 5.41) is 14.1. The number of halogens is 2. The first kappa shape index (κ1) is 17.1. The summed E-state index contributed by atoms with van der Waals surface area (Å²) in [7, 11) is 0. The van der Waals surface area contributed by atoms with Crippen molar-refractivity contribution < 1.29 is 19.1 Å². The van der Waals surface area contributed by atoms with E-state index < -0.39 is 17.7 Å². The van der Waals surface area contributed by atoms with E-state index in [0.29, 0.717) is 15.5 Å². The molecule has 0 radical (unpaired) electrons. The van der Waals surface area contributed by atoms with Crippen LogP contribution in [-0.2, 0) is 0 Å². The number of thiophene rings is 1. The third-order valence-electron chi connectivity index (χ3n) is 3.48. The van der Waals surface area contributed by atoms with E-state index in [1.54, 1.807) is 29.6 Å². The molecule has 126 valence electrons. The Morgan fingerprint density at radius 3 is 2.40 bits per heavy atom. The molecule has 2 aromatic carbocycles. The van der Waals surface area contributed by atoms with Gasteiger partial charge in [0.2, 0.25) is 0 Å². The molecular weight excluding hydrogens is 365 g/mol. The highest BCUT2D eigenvalue weighted by atomic mass is 35.5. The van der Waals surface area contributed by atoms with Gasteiger partial charge in [-0.25, -0.2) is 9.18 Å². The van der Waals surface area contributed by atoms with Crippen LogP contribution in [0, 0.1) is 5.82 Å². The number of carbonyl (C=O) groups excluding carboxylic acids is 1. The van der Waals surface area contributed by atoms with Gasteiger partial charge in [0.25, 0.3) is 5.91 Å². The molecule has 0 spiro atoms. The Bertz CT molecular complexity index is 953. The molecule has 7 heteroatoms. The first-order chi connectivity index (χ1) is 12.0. The third kappa shape index (κ3) is 3.55. The Kier molecular flexibility index (Phi) is 4.83. The van der Waals surface area contributed by atoms with E-state index in [4.69, 9.17) is 11.6 Å².